The third-order valence-corrected chi connectivity index (χ3v) is 4.11. The molecule has 0 spiro atoms. The van der Waals surface area contributed by atoms with Crippen molar-refractivity contribution in [1.29, 1.82) is 0 Å². The normalized spacial score (nSPS) is 40.3. The molecule has 2 nitrogen and oxygen atoms in total. The van der Waals surface area contributed by atoms with E-state index in [2.05, 4.69) is 0 Å². The monoisotopic (exact) mass is 198 g/mol. The van der Waals surface area contributed by atoms with Crippen molar-refractivity contribution in [3.05, 3.63) is 0 Å². The van der Waals surface area contributed by atoms with Crippen molar-refractivity contribution in [2.45, 2.75) is 63.1 Å². The topological polar surface area (TPSA) is 29.5 Å². The Morgan fingerprint density at radius 1 is 1.07 bits per heavy atom. The van der Waals surface area contributed by atoms with E-state index in [1.54, 1.807) is 7.11 Å². The largest absolute Gasteiger partial charge is 0.389 e. The van der Waals surface area contributed by atoms with Crippen molar-refractivity contribution in [3.63, 3.8) is 0 Å². The summed E-state index contributed by atoms with van der Waals surface area (Å²) in [5.41, 5.74) is -0.370. The Hall–Kier alpha value is -0.0800. The van der Waals surface area contributed by atoms with Crippen LogP contribution in [0.25, 0.3) is 0 Å². The Labute approximate surface area is 86.6 Å². The molecular formula is C12H22O2. The zero-order valence-corrected chi connectivity index (χ0v) is 9.17. The van der Waals surface area contributed by atoms with Crippen LogP contribution in [0, 0.1) is 5.92 Å². The summed E-state index contributed by atoms with van der Waals surface area (Å²) in [6.07, 6.45) is 9.86. The van der Waals surface area contributed by atoms with Gasteiger partial charge < -0.3 is 9.84 Å². The second kappa shape index (κ2) is 4.19. The van der Waals surface area contributed by atoms with Gasteiger partial charge in [0.2, 0.25) is 0 Å². The lowest BCUT2D eigenvalue weighted by Gasteiger charge is -2.47. The molecule has 2 aliphatic carbocycles. The second-order valence-corrected chi connectivity index (χ2v) is 5.06. The van der Waals surface area contributed by atoms with Gasteiger partial charge in [-0.05, 0) is 18.8 Å². The van der Waals surface area contributed by atoms with Crippen LogP contribution in [-0.2, 0) is 4.74 Å². The van der Waals surface area contributed by atoms with Gasteiger partial charge in [-0.25, -0.2) is 0 Å². The minimum Gasteiger partial charge on any atom is -0.389 e. The molecule has 2 saturated carbocycles. The summed E-state index contributed by atoms with van der Waals surface area (Å²) < 4.78 is 5.24. The van der Waals surface area contributed by atoms with E-state index in [0.29, 0.717) is 12.0 Å². The maximum atomic E-state index is 10.4. The summed E-state index contributed by atoms with van der Waals surface area (Å²) in [5, 5.41) is 10.4. The van der Waals surface area contributed by atoms with Crippen LogP contribution in [0.1, 0.15) is 51.4 Å². The van der Waals surface area contributed by atoms with Gasteiger partial charge in [0.25, 0.3) is 0 Å². The summed E-state index contributed by atoms with van der Waals surface area (Å²) in [6, 6.07) is 0. The van der Waals surface area contributed by atoms with E-state index in [-0.39, 0.29) is 5.60 Å². The van der Waals surface area contributed by atoms with Gasteiger partial charge in [-0.2, -0.15) is 0 Å². The molecule has 14 heavy (non-hydrogen) atoms. The Kier molecular flexibility index (Phi) is 3.13. The molecule has 0 unspecified atom stereocenters. The molecule has 2 aliphatic rings. The van der Waals surface area contributed by atoms with E-state index in [0.717, 1.165) is 12.8 Å². The second-order valence-electron chi connectivity index (χ2n) is 5.06. The van der Waals surface area contributed by atoms with Gasteiger partial charge in [-0.3, -0.25) is 0 Å². The standard InChI is InChI=1S/C12H22O2/c1-14-11-8-12(13,9-11)10-6-4-2-3-5-7-10/h10-11,13H,2-9H2,1H3. The van der Waals surface area contributed by atoms with Gasteiger partial charge in [0, 0.05) is 20.0 Å². The predicted molar refractivity (Wildman–Crippen MR) is 56.2 cm³/mol. The fourth-order valence-corrected chi connectivity index (χ4v) is 3.05. The fraction of sp³-hybridized carbons (Fsp3) is 1.00. The lowest BCUT2D eigenvalue weighted by molar-refractivity contribution is -0.161. The molecule has 0 amide bonds. The molecule has 2 rings (SSSR count). The van der Waals surface area contributed by atoms with E-state index in [4.69, 9.17) is 4.74 Å². The summed E-state index contributed by atoms with van der Waals surface area (Å²) in [6.45, 7) is 0. The molecule has 0 heterocycles. The molecule has 0 bridgehead atoms. The van der Waals surface area contributed by atoms with Gasteiger partial charge in [-0.1, -0.05) is 25.7 Å². The Morgan fingerprint density at radius 3 is 2.14 bits per heavy atom. The molecule has 2 fully saturated rings. The van der Waals surface area contributed by atoms with Crippen molar-refractivity contribution in [3.8, 4) is 0 Å². The highest BCUT2D eigenvalue weighted by Crippen LogP contribution is 2.45. The molecule has 0 saturated heterocycles. The van der Waals surface area contributed by atoms with Crippen LogP contribution in [0.5, 0.6) is 0 Å². The molecule has 0 aromatic heterocycles. The first-order valence-corrected chi connectivity index (χ1v) is 6.00. The summed E-state index contributed by atoms with van der Waals surface area (Å²) >= 11 is 0. The molecule has 0 aromatic carbocycles. The fourth-order valence-electron chi connectivity index (χ4n) is 3.05. The molecule has 0 atom stereocenters. The van der Waals surface area contributed by atoms with Gasteiger partial charge in [0.15, 0.2) is 0 Å². The van der Waals surface area contributed by atoms with Crippen molar-refractivity contribution in [1.82, 2.24) is 0 Å². The van der Waals surface area contributed by atoms with Crippen LogP contribution < -0.4 is 0 Å². The molecule has 82 valence electrons. The first kappa shape index (κ1) is 10.4. The number of rotatable bonds is 2. The van der Waals surface area contributed by atoms with Crippen LogP contribution in [-0.4, -0.2) is 23.9 Å². The quantitative estimate of drug-likeness (QED) is 0.691. The smallest absolute Gasteiger partial charge is 0.0725 e. The maximum absolute atomic E-state index is 10.4. The molecule has 1 N–H and O–H groups in total. The zero-order chi connectivity index (χ0) is 10.0. The van der Waals surface area contributed by atoms with E-state index in [1.807, 2.05) is 0 Å². The first-order valence-electron chi connectivity index (χ1n) is 6.00. The maximum Gasteiger partial charge on any atom is 0.0725 e. The number of aliphatic hydroxyl groups is 1. The molecule has 2 heteroatoms. The van der Waals surface area contributed by atoms with Gasteiger partial charge >= 0.3 is 0 Å². The first-order chi connectivity index (χ1) is 6.74. The van der Waals surface area contributed by atoms with Crippen LogP contribution in [0.3, 0.4) is 0 Å². The van der Waals surface area contributed by atoms with Crippen LogP contribution in [0.4, 0.5) is 0 Å². The van der Waals surface area contributed by atoms with E-state index in [1.165, 1.54) is 38.5 Å². The molecule has 0 aromatic rings. The SMILES string of the molecule is COC1CC(O)(C2CCCCCC2)C1. The lowest BCUT2D eigenvalue weighted by Crippen LogP contribution is -2.53. The average Bonchev–Trinajstić information content (AvgIpc) is 2.40. The Bertz CT molecular complexity index is 177. The third-order valence-electron chi connectivity index (χ3n) is 4.11. The van der Waals surface area contributed by atoms with Crippen LogP contribution >= 0.6 is 0 Å². The van der Waals surface area contributed by atoms with Gasteiger partial charge in [0.1, 0.15) is 0 Å². The average molecular weight is 198 g/mol. The van der Waals surface area contributed by atoms with Gasteiger partial charge in [-0.15, -0.1) is 0 Å². The summed E-state index contributed by atoms with van der Waals surface area (Å²) in [4.78, 5) is 0. The van der Waals surface area contributed by atoms with Crippen LogP contribution in [0.2, 0.25) is 0 Å². The molecular weight excluding hydrogens is 176 g/mol. The van der Waals surface area contributed by atoms with E-state index < -0.39 is 0 Å². The predicted octanol–water partition coefficient (Wildman–Crippen LogP) is 2.50. The third kappa shape index (κ3) is 1.96. The highest BCUT2D eigenvalue weighted by atomic mass is 16.5. The Balaban J connectivity index is 1.87. The van der Waals surface area contributed by atoms with Crippen LogP contribution in [0.15, 0.2) is 0 Å². The zero-order valence-electron chi connectivity index (χ0n) is 9.17. The van der Waals surface area contributed by atoms with Crippen molar-refractivity contribution in [2.75, 3.05) is 7.11 Å². The highest BCUT2D eigenvalue weighted by molar-refractivity contribution is 4.99. The van der Waals surface area contributed by atoms with E-state index >= 15 is 0 Å². The van der Waals surface area contributed by atoms with Crippen molar-refractivity contribution < 1.29 is 9.84 Å². The lowest BCUT2D eigenvalue weighted by atomic mass is 9.67. The van der Waals surface area contributed by atoms with Crippen molar-refractivity contribution >= 4 is 0 Å². The summed E-state index contributed by atoms with van der Waals surface area (Å²) in [7, 11) is 1.75. The molecule has 0 radical (unpaired) electrons. The number of ether oxygens (including phenoxy) is 1. The van der Waals surface area contributed by atoms with Crippen molar-refractivity contribution in [2.24, 2.45) is 5.92 Å². The Morgan fingerprint density at radius 2 is 1.64 bits per heavy atom. The molecule has 0 aliphatic heterocycles. The van der Waals surface area contributed by atoms with Gasteiger partial charge in [0.05, 0.1) is 11.7 Å². The summed E-state index contributed by atoms with van der Waals surface area (Å²) in [5.74, 6) is 0.552. The van der Waals surface area contributed by atoms with E-state index in [9.17, 15) is 5.11 Å². The minimum atomic E-state index is -0.370. The number of hydrogen-bond acceptors (Lipinski definition) is 2. The highest BCUT2D eigenvalue weighted by Gasteiger charge is 2.47. The minimum absolute atomic E-state index is 0.322. The number of methoxy groups -OCH3 is 1. The number of hydrogen-bond donors (Lipinski definition) is 1.